The van der Waals surface area contributed by atoms with Gasteiger partial charge < -0.3 is 5.73 Å². The summed E-state index contributed by atoms with van der Waals surface area (Å²) in [4.78, 5) is 0. The van der Waals surface area contributed by atoms with E-state index in [0.29, 0.717) is 0 Å². The summed E-state index contributed by atoms with van der Waals surface area (Å²) in [5.41, 5.74) is 6.59. The monoisotopic (exact) mass is 150 g/mol. The van der Waals surface area contributed by atoms with E-state index in [1.165, 1.54) is 24.0 Å². The van der Waals surface area contributed by atoms with Gasteiger partial charge in [0.15, 0.2) is 0 Å². The number of benzene rings is 1. The fourth-order valence-corrected chi connectivity index (χ4v) is 1.16. The van der Waals surface area contributed by atoms with Gasteiger partial charge in [-0.1, -0.05) is 37.6 Å². The Morgan fingerprint density at radius 2 is 1.64 bits per heavy atom. The Bertz CT molecular complexity index is 201. The van der Waals surface area contributed by atoms with Gasteiger partial charge in [0, 0.05) is 5.56 Å². The van der Waals surface area contributed by atoms with Crippen LogP contribution in [0.25, 0.3) is 0 Å². The summed E-state index contributed by atoms with van der Waals surface area (Å²) in [5.74, 6) is 0. The maximum Gasteiger partial charge on any atom is 0.0997 e. The van der Waals surface area contributed by atoms with Gasteiger partial charge in [0.25, 0.3) is 0 Å². The van der Waals surface area contributed by atoms with Crippen LogP contribution < -0.4 is 5.73 Å². The molecule has 1 aromatic carbocycles. The van der Waals surface area contributed by atoms with Gasteiger partial charge in [0.05, 0.1) is 6.54 Å². The van der Waals surface area contributed by atoms with Crippen molar-refractivity contribution in [1.82, 2.24) is 0 Å². The molecular formula is C10H16N+. The summed E-state index contributed by atoms with van der Waals surface area (Å²) in [6.45, 7) is 3.10. The normalized spacial score (nSPS) is 10.0. The zero-order chi connectivity index (χ0) is 8.10. The molecule has 0 aliphatic heterocycles. The minimum atomic E-state index is 0.895. The molecule has 3 N–H and O–H groups in total. The molecule has 0 radical (unpaired) electrons. The topological polar surface area (TPSA) is 27.6 Å². The number of quaternary nitrogens is 1. The van der Waals surface area contributed by atoms with Gasteiger partial charge in [-0.25, -0.2) is 0 Å². The van der Waals surface area contributed by atoms with Crippen molar-refractivity contribution in [2.24, 2.45) is 0 Å². The Morgan fingerprint density at radius 3 is 2.09 bits per heavy atom. The Balaban J connectivity index is 2.66. The van der Waals surface area contributed by atoms with Crippen LogP contribution in [-0.4, -0.2) is 0 Å². The van der Waals surface area contributed by atoms with E-state index in [-0.39, 0.29) is 0 Å². The fourth-order valence-electron chi connectivity index (χ4n) is 1.16. The summed E-state index contributed by atoms with van der Waals surface area (Å²) in [6, 6.07) is 8.73. The highest BCUT2D eigenvalue weighted by Crippen LogP contribution is 2.05. The van der Waals surface area contributed by atoms with Crippen LogP contribution >= 0.6 is 0 Å². The SMILES string of the molecule is CCCc1ccc(C[NH3+])cc1. The van der Waals surface area contributed by atoms with E-state index < -0.39 is 0 Å². The lowest BCUT2D eigenvalue weighted by atomic mass is 10.1. The van der Waals surface area contributed by atoms with Gasteiger partial charge in [-0.2, -0.15) is 0 Å². The lowest BCUT2D eigenvalue weighted by molar-refractivity contribution is -0.386. The van der Waals surface area contributed by atoms with Crippen molar-refractivity contribution in [2.45, 2.75) is 26.3 Å². The zero-order valence-corrected chi connectivity index (χ0v) is 7.14. The molecule has 1 aromatic rings. The van der Waals surface area contributed by atoms with E-state index in [1.54, 1.807) is 0 Å². The summed E-state index contributed by atoms with van der Waals surface area (Å²) in [5, 5.41) is 0. The van der Waals surface area contributed by atoms with Crippen LogP contribution in [0.1, 0.15) is 24.5 Å². The van der Waals surface area contributed by atoms with Crippen LogP contribution in [0, 0.1) is 0 Å². The van der Waals surface area contributed by atoms with E-state index in [4.69, 9.17) is 0 Å². The second kappa shape index (κ2) is 4.14. The molecule has 0 atom stereocenters. The second-order valence-corrected chi connectivity index (χ2v) is 2.82. The summed E-state index contributed by atoms with van der Waals surface area (Å²) in [7, 11) is 0. The maximum atomic E-state index is 3.83. The molecule has 0 unspecified atom stereocenters. The van der Waals surface area contributed by atoms with Gasteiger partial charge >= 0.3 is 0 Å². The Kier molecular flexibility index (Phi) is 3.12. The third kappa shape index (κ3) is 2.35. The van der Waals surface area contributed by atoms with Crippen molar-refractivity contribution >= 4 is 0 Å². The average molecular weight is 150 g/mol. The molecular weight excluding hydrogens is 134 g/mol. The Hall–Kier alpha value is -0.820. The van der Waals surface area contributed by atoms with Crippen LogP contribution in [-0.2, 0) is 13.0 Å². The molecule has 0 heterocycles. The predicted molar refractivity (Wildman–Crippen MR) is 47.0 cm³/mol. The molecule has 0 fully saturated rings. The second-order valence-electron chi connectivity index (χ2n) is 2.82. The van der Waals surface area contributed by atoms with E-state index in [0.717, 1.165) is 6.54 Å². The molecule has 0 aromatic heterocycles. The van der Waals surface area contributed by atoms with Crippen molar-refractivity contribution < 1.29 is 5.73 Å². The lowest BCUT2D eigenvalue weighted by Crippen LogP contribution is -2.47. The van der Waals surface area contributed by atoms with Crippen LogP contribution in [0.3, 0.4) is 0 Å². The molecule has 0 saturated carbocycles. The van der Waals surface area contributed by atoms with Crippen LogP contribution in [0.4, 0.5) is 0 Å². The fraction of sp³-hybridized carbons (Fsp3) is 0.400. The minimum Gasteiger partial charge on any atom is -0.354 e. The number of hydrogen-bond donors (Lipinski definition) is 1. The van der Waals surface area contributed by atoms with Crippen molar-refractivity contribution in [1.29, 1.82) is 0 Å². The molecule has 0 bridgehead atoms. The van der Waals surface area contributed by atoms with E-state index in [1.807, 2.05) is 0 Å². The molecule has 0 amide bonds. The van der Waals surface area contributed by atoms with Gasteiger partial charge in [-0.15, -0.1) is 0 Å². The van der Waals surface area contributed by atoms with Crippen molar-refractivity contribution in [3.63, 3.8) is 0 Å². The first-order valence-corrected chi connectivity index (χ1v) is 4.24. The van der Waals surface area contributed by atoms with Crippen molar-refractivity contribution in [3.8, 4) is 0 Å². The lowest BCUT2D eigenvalue weighted by Gasteiger charge is -1.98. The summed E-state index contributed by atoms with van der Waals surface area (Å²) >= 11 is 0. The molecule has 0 aliphatic carbocycles. The van der Waals surface area contributed by atoms with Crippen molar-refractivity contribution in [3.05, 3.63) is 35.4 Å². The number of hydrogen-bond acceptors (Lipinski definition) is 0. The highest BCUT2D eigenvalue weighted by Gasteiger charge is 1.91. The van der Waals surface area contributed by atoms with E-state index in [9.17, 15) is 0 Å². The number of rotatable bonds is 3. The zero-order valence-electron chi connectivity index (χ0n) is 7.14. The highest BCUT2D eigenvalue weighted by atomic mass is 14.5. The smallest absolute Gasteiger partial charge is 0.0997 e. The molecule has 0 saturated heterocycles. The predicted octanol–water partition coefficient (Wildman–Crippen LogP) is 1.38. The van der Waals surface area contributed by atoms with Crippen molar-refractivity contribution in [2.75, 3.05) is 0 Å². The van der Waals surface area contributed by atoms with Crippen LogP contribution in [0.15, 0.2) is 24.3 Å². The first-order valence-electron chi connectivity index (χ1n) is 4.24. The molecule has 1 heteroatoms. The first-order chi connectivity index (χ1) is 5.36. The molecule has 1 nitrogen and oxygen atoms in total. The molecule has 0 spiro atoms. The van der Waals surface area contributed by atoms with Gasteiger partial charge in [0.2, 0.25) is 0 Å². The molecule has 11 heavy (non-hydrogen) atoms. The highest BCUT2D eigenvalue weighted by molar-refractivity contribution is 5.21. The third-order valence-corrected chi connectivity index (χ3v) is 1.85. The van der Waals surface area contributed by atoms with Gasteiger partial charge in [-0.05, 0) is 12.0 Å². The molecule has 1 rings (SSSR count). The van der Waals surface area contributed by atoms with Gasteiger partial charge in [-0.3, -0.25) is 0 Å². The standard InChI is InChI=1S/C10H15N/c1-2-3-9-4-6-10(8-11)7-5-9/h4-7H,2-3,8,11H2,1H3/p+1. The largest absolute Gasteiger partial charge is 0.354 e. The number of aryl methyl sites for hydroxylation is 1. The Labute approximate surface area is 68.2 Å². The maximum absolute atomic E-state index is 3.83. The third-order valence-electron chi connectivity index (χ3n) is 1.85. The summed E-state index contributed by atoms with van der Waals surface area (Å²) < 4.78 is 0. The average Bonchev–Trinajstić information content (AvgIpc) is 2.07. The first kappa shape index (κ1) is 8.28. The molecule has 60 valence electrons. The van der Waals surface area contributed by atoms with Crippen LogP contribution in [0.5, 0.6) is 0 Å². The van der Waals surface area contributed by atoms with E-state index >= 15 is 0 Å². The van der Waals surface area contributed by atoms with Gasteiger partial charge in [0.1, 0.15) is 0 Å². The minimum absolute atomic E-state index is 0.895. The van der Waals surface area contributed by atoms with E-state index in [2.05, 4.69) is 36.9 Å². The Morgan fingerprint density at radius 1 is 1.09 bits per heavy atom. The van der Waals surface area contributed by atoms with Crippen LogP contribution in [0.2, 0.25) is 0 Å². The molecule has 0 aliphatic rings. The summed E-state index contributed by atoms with van der Waals surface area (Å²) in [6.07, 6.45) is 2.42. The quantitative estimate of drug-likeness (QED) is 0.674.